The lowest BCUT2D eigenvalue weighted by Gasteiger charge is -2.17. The van der Waals surface area contributed by atoms with Crippen molar-refractivity contribution in [3.63, 3.8) is 0 Å². The van der Waals surface area contributed by atoms with Crippen LogP contribution in [-0.4, -0.2) is 35.0 Å². The van der Waals surface area contributed by atoms with E-state index in [-0.39, 0.29) is 36.1 Å². The molecule has 2 aromatic carbocycles. The van der Waals surface area contributed by atoms with Crippen molar-refractivity contribution in [2.75, 3.05) is 14.1 Å². The molecule has 0 saturated heterocycles. The number of rotatable bonds is 5. The first-order valence-electron chi connectivity index (χ1n) is 9.52. The largest absolute Gasteiger partial charge is 0.356 e. The molecule has 0 unspecified atom stereocenters. The van der Waals surface area contributed by atoms with Crippen molar-refractivity contribution in [2.24, 2.45) is 5.73 Å². The monoisotopic (exact) mass is 440 g/mol. The lowest BCUT2D eigenvalue weighted by Crippen LogP contribution is -2.24. The highest BCUT2D eigenvalue weighted by Crippen LogP contribution is 2.33. The molecule has 1 amide bonds. The molecular weight excluding hydrogens is 419 g/mol. The minimum Gasteiger partial charge on any atom is -0.356 e. The van der Waals surface area contributed by atoms with Crippen LogP contribution in [0.5, 0.6) is 0 Å². The van der Waals surface area contributed by atoms with Crippen LogP contribution in [0.15, 0.2) is 65.2 Å². The van der Waals surface area contributed by atoms with Crippen molar-refractivity contribution in [3.05, 3.63) is 83.4 Å². The van der Waals surface area contributed by atoms with Gasteiger partial charge in [-0.05, 0) is 29.8 Å². The number of halogens is 2. The van der Waals surface area contributed by atoms with Gasteiger partial charge in [0.1, 0.15) is 17.2 Å². The molecule has 0 aliphatic carbocycles. The Kier molecular flexibility index (Phi) is 6.68. The Labute approximate surface area is 185 Å². The van der Waals surface area contributed by atoms with Gasteiger partial charge in [0.05, 0.1) is 5.69 Å². The van der Waals surface area contributed by atoms with E-state index in [2.05, 4.69) is 10.1 Å². The van der Waals surface area contributed by atoms with E-state index in [0.29, 0.717) is 11.3 Å². The number of nitrogens with zero attached hydrogens (tertiary/aromatic N) is 3. The first-order chi connectivity index (χ1) is 14.5. The Morgan fingerprint density at radius 1 is 1.10 bits per heavy atom. The minimum atomic E-state index is -0.552. The number of pyridine rings is 1. The Morgan fingerprint density at radius 3 is 2.58 bits per heavy atom. The zero-order valence-corrected chi connectivity index (χ0v) is 17.9. The SMILES string of the molecule is CN(C)C(=O)c1ccc(F)c(C[C@H](N)c2ccccc2-c2noc3ccccc23)n1.Cl. The van der Waals surface area contributed by atoms with Gasteiger partial charge in [0.25, 0.3) is 5.91 Å². The maximum Gasteiger partial charge on any atom is 0.271 e. The quantitative estimate of drug-likeness (QED) is 0.497. The van der Waals surface area contributed by atoms with Crippen molar-refractivity contribution < 1.29 is 13.7 Å². The van der Waals surface area contributed by atoms with Gasteiger partial charge in [0, 0.05) is 37.5 Å². The number of carbonyl (C=O) groups is 1. The third kappa shape index (κ3) is 4.42. The summed E-state index contributed by atoms with van der Waals surface area (Å²) in [7, 11) is 3.24. The smallest absolute Gasteiger partial charge is 0.271 e. The Morgan fingerprint density at radius 2 is 1.81 bits per heavy atom. The van der Waals surface area contributed by atoms with Gasteiger partial charge in [-0.2, -0.15) is 0 Å². The summed E-state index contributed by atoms with van der Waals surface area (Å²) in [5.74, 6) is -0.788. The third-order valence-corrected chi connectivity index (χ3v) is 4.95. The Balaban J connectivity index is 0.00000272. The van der Waals surface area contributed by atoms with Crippen LogP contribution < -0.4 is 5.73 Å². The number of amides is 1. The highest BCUT2D eigenvalue weighted by Gasteiger charge is 2.20. The summed E-state index contributed by atoms with van der Waals surface area (Å²) in [6, 6.07) is 17.2. The zero-order valence-electron chi connectivity index (χ0n) is 17.1. The lowest BCUT2D eigenvalue weighted by molar-refractivity contribution is 0.0821. The van der Waals surface area contributed by atoms with E-state index >= 15 is 0 Å². The molecule has 6 nitrogen and oxygen atoms in total. The fraction of sp³-hybridized carbons (Fsp3) is 0.174. The summed E-state index contributed by atoms with van der Waals surface area (Å²) in [4.78, 5) is 17.8. The highest BCUT2D eigenvalue weighted by molar-refractivity contribution is 5.92. The molecule has 8 heteroatoms. The van der Waals surface area contributed by atoms with Crippen LogP contribution in [0.25, 0.3) is 22.2 Å². The maximum atomic E-state index is 14.4. The predicted molar refractivity (Wildman–Crippen MR) is 120 cm³/mol. The van der Waals surface area contributed by atoms with Gasteiger partial charge in [0.2, 0.25) is 0 Å². The van der Waals surface area contributed by atoms with Gasteiger partial charge in [-0.25, -0.2) is 9.37 Å². The van der Waals surface area contributed by atoms with Crippen LogP contribution in [0, 0.1) is 5.82 Å². The average molecular weight is 441 g/mol. The number of aromatic nitrogens is 2. The van der Waals surface area contributed by atoms with Crippen molar-refractivity contribution >= 4 is 29.3 Å². The molecule has 4 rings (SSSR count). The third-order valence-electron chi connectivity index (χ3n) is 4.95. The molecule has 2 heterocycles. The highest BCUT2D eigenvalue weighted by atomic mass is 35.5. The Hall–Kier alpha value is -3.29. The number of benzene rings is 2. The Bertz CT molecular complexity index is 1230. The predicted octanol–water partition coefficient (Wildman–Crippen LogP) is 4.40. The number of hydrogen-bond donors (Lipinski definition) is 1. The summed E-state index contributed by atoms with van der Waals surface area (Å²) in [5.41, 5.74) is 9.77. The molecule has 4 aromatic rings. The van der Waals surface area contributed by atoms with Gasteiger partial charge in [0.15, 0.2) is 5.58 Å². The summed E-state index contributed by atoms with van der Waals surface area (Å²) in [6.07, 6.45) is 0.132. The molecule has 0 aliphatic heterocycles. The van der Waals surface area contributed by atoms with Crippen molar-refractivity contribution in [1.82, 2.24) is 15.0 Å². The molecule has 2 N–H and O–H groups in total. The van der Waals surface area contributed by atoms with Crippen LogP contribution >= 0.6 is 12.4 Å². The maximum absolute atomic E-state index is 14.4. The summed E-state index contributed by atoms with van der Waals surface area (Å²) in [5, 5.41) is 5.09. The van der Waals surface area contributed by atoms with Gasteiger partial charge >= 0.3 is 0 Å². The van der Waals surface area contributed by atoms with E-state index in [1.165, 1.54) is 17.0 Å². The molecule has 0 fully saturated rings. The van der Waals surface area contributed by atoms with E-state index < -0.39 is 11.9 Å². The molecular formula is C23H22ClFN4O2. The number of para-hydroxylation sites is 1. The van der Waals surface area contributed by atoms with Gasteiger partial charge < -0.3 is 15.2 Å². The van der Waals surface area contributed by atoms with Crippen LogP contribution in [0.4, 0.5) is 4.39 Å². The second-order valence-corrected chi connectivity index (χ2v) is 7.25. The van der Waals surface area contributed by atoms with Crippen LogP contribution in [0.3, 0.4) is 0 Å². The lowest BCUT2D eigenvalue weighted by atomic mass is 9.94. The van der Waals surface area contributed by atoms with Crippen molar-refractivity contribution in [3.8, 4) is 11.3 Å². The topological polar surface area (TPSA) is 85.2 Å². The normalized spacial score (nSPS) is 11.7. The first kappa shape index (κ1) is 22.4. The van der Waals surface area contributed by atoms with Gasteiger partial charge in [-0.15, -0.1) is 12.4 Å². The fourth-order valence-electron chi connectivity index (χ4n) is 3.41. The summed E-state index contributed by atoms with van der Waals surface area (Å²) in [6.45, 7) is 0. The average Bonchev–Trinajstić information content (AvgIpc) is 3.18. The first-order valence-corrected chi connectivity index (χ1v) is 9.52. The summed E-state index contributed by atoms with van der Waals surface area (Å²) < 4.78 is 19.9. The van der Waals surface area contributed by atoms with E-state index in [1.807, 2.05) is 48.5 Å². The minimum absolute atomic E-state index is 0. The second kappa shape index (κ2) is 9.24. The number of carbonyl (C=O) groups excluding carboxylic acids is 1. The second-order valence-electron chi connectivity index (χ2n) is 7.25. The molecule has 0 radical (unpaired) electrons. The van der Waals surface area contributed by atoms with Crippen LogP contribution in [-0.2, 0) is 6.42 Å². The van der Waals surface area contributed by atoms with Crippen LogP contribution in [0.1, 0.15) is 27.8 Å². The fourth-order valence-corrected chi connectivity index (χ4v) is 3.41. The molecule has 0 aliphatic rings. The molecule has 0 saturated carbocycles. The molecule has 31 heavy (non-hydrogen) atoms. The van der Waals surface area contributed by atoms with Crippen LogP contribution in [0.2, 0.25) is 0 Å². The van der Waals surface area contributed by atoms with Gasteiger partial charge in [-0.1, -0.05) is 41.6 Å². The molecule has 0 spiro atoms. The molecule has 2 aromatic heterocycles. The summed E-state index contributed by atoms with van der Waals surface area (Å²) >= 11 is 0. The molecule has 0 bridgehead atoms. The molecule has 160 valence electrons. The van der Waals surface area contributed by atoms with E-state index in [9.17, 15) is 9.18 Å². The zero-order chi connectivity index (χ0) is 21.3. The van der Waals surface area contributed by atoms with E-state index in [1.54, 1.807) is 14.1 Å². The number of fused-ring (bicyclic) bond motifs is 1. The van der Waals surface area contributed by atoms with E-state index in [4.69, 9.17) is 10.3 Å². The standard InChI is InChI=1S/C23H21FN4O2.ClH/c1-28(2)23(29)19-12-11-17(24)20(26-19)13-18(25)14-7-3-4-8-15(14)22-16-9-5-6-10-21(16)30-27-22;/h3-12,18H,13,25H2,1-2H3;1H/t18-;/m0./s1. The number of hydrogen-bond acceptors (Lipinski definition) is 5. The van der Waals surface area contributed by atoms with Crippen molar-refractivity contribution in [1.29, 1.82) is 0 Å². The van der Waals surface area contributed by atoms with Gasteiger partial charge in [-0.3, -0.25) is 4.79 Å². The molecule has 1 atom stereocenters. The number of nitrogens with two attached hydrogens (primary N) is 1. The van der Waals surface area contributed by atoms with Crippen molar-refractivity contribution in [2.45, 2.75) is 12.5 Å². The van der Waals surface area contributed by atoms with E-state index in [0.717, 1.165) is 16.5 Å².